The average molecular weight is 237 g/mol. The van der Waals surface area contributed by atoms with Crippen LogP contribution in [0, 0.1) is 5.21 Å². The Morgan fingerprint density at radius 1 is 1.62 bits per heavy atom. The minimum Gasteiger partial charge on any atom is -0.618 e. The number of hydrogen-bond acceptors (Lipinski definition) is 4. The van der Waals surface area contributed by atoms with Crippen molar-refractivity contribution in [3.05, 3.63) is 23.2 Å². The van der Waals surface area contributed by atoms with Gasteiger partial charge in [-0.25, -0.2) is 4.79 Å². The van der Waals surface area contributed by atoms with Crippen molar-refractivity contribution in [2.45, 2.75) is 0 Å². The third-order valence-corrected chi connectivity index (χ3v) is 2.06. The lowest BCUT2D eigenvalue weighted by Crippen LogP contribution is -2.34. The minimum absolute atomic E-state index is 0.00129. The lowest BCUT2D eigenvalue weighted by atomic mass is 10.3. The van der Waals surface area contributed by atoms with Crippen LogP contribution in [0.3, 0.4) is 0 Å². The molecule has 1 N–H and O–H groups in total. The molecule has 16 heavy (non-hydrogen) atoms. The number of carboxylic acid groups (broad SMARTS) is 1. The maximum atomic E-state index is 11.3. The van der Waals surface area contributed by atoms with E-state index in [0.29, 0.717) is 0 Å². The van der Waals surface area contributed by atoms with E-state index in [0.717, 1.165) is 12.3 Å². The van der Waals surface area contributed by atoms with Crippen molar-refractivity contribution in [3.8, 4) is 11.5 Å². The topological polar surface area (TPSA) is 82.7 Å². The highest BCUT2D eigenvalue weighted by Crippen LogP contribution is 2.35. The molecular weight excluding hydrogens is 231 g/mol. The van der Waals surface area contributed by atoms with Gasteiger partial charge >= 0.3 is 19.7 Å². The summed E-state index contributed by atoms with van der Waals surface area (Å²) in [4.78, 5) is 10.6. The largest absolute Gasteiger partial charge is 0.618 e. The van der Waals surface area contributed by atoms with Crippen molar-refractivity contribution < 1.29 is 23.8 Å². The van der Waals surface area contributed by atoms with Crippen LogP contribution < -0.4 is 13.9 Å². The SMILES string of the molecule is [B]Oc1cc(C(=O)O)[n+]([O-])cc1OP([B])C. The molecule has 1 rings (SSSR count). The van der Waals surface area contributed by atoms with Gasteiger partial charge in [0.15, 0.2) is 13.3 Å². The molecular formula is C7H6B2NO5P. The van der Waals surface area contributed by atoms with Gasteiger partial charge in [0.05, 0.1) is 6.07 Å². The molecule has 1 atom stereocenters. The molecule has 0 aromatic carbocycles. The first-order chi connectivity index (χ1) is 7.45. The van der Waals surface area contributed by atoms with Crippen LogP contribution in [-0.2, 0) is 0 Å². The van der Waals surface area contributed by atoms with Crippen LogP contribution in [0.15, 0.2) is 12.3 Å². The normalized spacial score (nSPS) is 11.8. The summed E-state index contributed by atoms with van der Waals surface area (Å²) < 4.78 is 9.62. The van der Waals surface area contributed by atoms with Gasteiger partial charge in [0.1, 0.15) is 0 Å². The number of carboxylic acids is 1. The second-order valence-electron chi connectivity index (χ2n) is 2.77. The molecule has 1 unspecified atom stereocenters. The lowest BCUT2D eigenvalue weighted by Gasteiger charge is -2.13. The zero-order chi connectivity index (χ0) is 12.3. The Hall–Kier alpha value is -1.42. The first-order valence-corrected chi connectivity index (χ1v) is 5.77. The average Bonchev–Trinajstić information content (AvgIpc) is 2.16. The number of pyridine rings is 1. The van der Waals surface area contributed by atoms with E-state index >= 15 is 0 Å². The van der Waals surface area contributed by atoms with Gasteiger partial charge in [-0.1, -0.05) is 0 Å². The molecule has 0 fully saturated rings. The summed E-state index contributed by atoms with van der Waals surface area (Å²) in [6, 6.07) is 0.962. The number of nitrogens with zero attached hydrogens (tertiary/aromatic N) is 1. The van der Waals surface area contributed by atoms with E-state index in [-0.39, 0.29) is 16.2 Å². The maximum absolute atomic E-state index is 11.3. The third kappa shape index (κ3) is 2.79. The molecule has 0 saturated heterocycles. The van der Waals surface area contributed by atoms with E-state index in [1.807, 2.05) is 0 Å². The predicted molar refractivity (Wildman–Crippen MR) is 58.0 cm³/mol. The fraction of sp³-hybridized carbons (Fsp3) is 0.143. The van der Waals surface area contributed by atoms with Crippen LogP contribution in [0.5, 0.6) is 11.5 Å². The Kier molecular flexibility index (Phi) is 4.01. The first-order valence-electron chi connectivity index (χ1n) is 3.99. The zero-order valence-corrected chi connectivity index (χ0v) is 9.18. The quantitative estimate of drug-likeness (QED) is 0.344. The summed E-state index contributed by atoms with van der Waals surface area (Å²) in [5.74, 6) is -1.46. The number of rotatable bonds is 4. The molecule has 4 radical (unpaired) electrons. The molecule has 0 bridgehead atoms. The summed E-state index contributed by atoms with van der Waals surface area (Å²) in [5.41, 5.74) is -0.523. The van der Waals surface area contributed by atoms with E-state index in [1.54, 1.807) is 6.66 Å². The molecule has 1 aromatic rings. The second kappa shape index (κ2) is 5.07. The zero-order valence-electron chi connectivity index (χ0n) is 8.28. The molecule has 6 nitrogen and oxygen atoms in total. The molecule has 0 saturated carbocycles. The molecule has 9 heteroatoms. The fourth-order valence-corrected chi connectivity index (χ4v) is 1.42. The van der Waals surface area contributed by atoms with Crippen molar-refractivity contribution in [1.82, 2.24) is 0 Å². The van der Waals surface area contributed by atoms with Gasteiger partial charge in [0.25, 0.3) is 0 Å². The molecule has 0 aliphatic heterocycles. The Balaban J connectivity index is 3.21. The molecule has 1 aromatic heterocycles. The van der Waals surface area contributed by atoms with Gasteiger partial charge < -0.3 is 19.5 Å². The fourth-order valence-electron chi connectivity index (χ4n) is 0.970. The van der Waals surface area contributed by atoms with Crippen LogP contribution in [0.4, 0.5) is 0 Å². The third-order valence-electron chi connectivity index (χ3n) is 1.57. The smallest absolute Gasteiger partial charge is 0.402 e. The molecule has 1 heterocycles. The van der Waals surface area contributed by atoms with E-state index in [4.69, 9.17) is 25.2 Å². The van der Waals surface area contributed by atoms with Crippen molar-refractivity contribution in [2.75, 3.05) is 6.66 Å². The highest BCUT2D eigenvalue weighted by molar-refractivity contribution is 7.77. The van der Waals surface area contributed by atoms with Crippen LogP contribution in [-0.4, -0.2) is 33.4 Å². The Bertz CT molecular complexity index is 414. The molecule has 0 spiro atoms. The van der Waals surface area contributed by atoms with Crippen molar-refractivity contribution >= 4 is 29.6 Å². The lowest BCUT2D eigenvalue weighted by molar-refractivity contribution is -0.608. The summed E-state index contributed by atoms with van der Waals surface area (Å²) in [7, 11) is 9.07. The van der Waals surface area contributed by atoms with Crippen LogP contribution in [0.1, 0.15) is 10.5 Å². The van der Waals surface area contributed by atoms with Crippen molar-refractivity contribution in [2.24, 2.45) is 0 Å². The summed E-state index contributed by atoms with van der Waals surface area (Å²) in [6.45, 7) is 1.59. The van der Waals surface area contributed by atoms with Gasteiger partial charge in [-0.2, -0.15) is 4.73 Å². The standard InChI is InChI=1S/C7H6B2NO5P/c1-16(9)15-6-3-10(13)4(7(11)12)2-5(6)14-8/h2-3H,1H3,(H,11,12). The molecule has 0 amide bonds. The minimum atomic E-state index is -1.40. The van der Waals surface area contributed by atoms with Gasteiger partial charge in [-0.15, -0.1) is 0 Å². The molecule has 0 aliphatic carbocycles. The van der Waals surface area contributed by atoms with E-state index in [1.165, 1.54) is 0 Å². The highest BCUT2D eigenvalue weighted by Gasteiger charge is 2.20. The monoisotopic (exact) mass is 237 g/mol. The summed E-state index contributed by atoms with van der Waals surface area (Å²) >= 11 is 0. The molecule has 0 aliphatic rings. The highest BCUT2D eigenvalue weighted by atomic mass is 31.1. The van der Waals surface area contributed by atoms with Crippen molar-refractivity contribution in [1.29, 1.82) is 0 Å². The number of aromatic carboxylic acids is 1. The second-order valence-corrected chi connectivity index (χ2v) is 4.05. The van der Waals surface area contributed by atoms with E-state index in [2.05, 4.69) is 4.65 Å². The van der Waals surface area contributed by atoms with Crippen LogP contribution in [0.25, 0.3) is 0 Å². The van der Waals surface area contributed by atoms with E-state index in [9.17, 15) is 10.0 Å². The predicted octanol–water partition coefficient (Wildman–Crippen LogP) is -0.0305. The first kappa shape index (κ1) is 12.6. The maximum Gasteiger partial charge on any atom is 0.402 e. The van der Waals surface area contributed by atoms with Gasteiger partial charge in [-0.05, 0) is 6.66 Å². The number of aromatic nitrogens is 1. The van der Waals surface area contributed by atoms with Crippen molar-refractivity contribution in [3.63, 3.8) is 0 Å². The molecule has 80 valence electrons. The van der Waals surface area contributed by atoms with Crippen LogP contribution >= 0.6 is 8.03 Å². The Morgan fingerprint density at radius 3 is 2.69 bits per heavy atom. The number of hydrogen-bond donors (Lipinski definition) is 1. The van der Waals surface area contributed by atoms with Crippen LogP contribution in [0.2, 0.25) is 0 Å². The van der Waals surface area contributed by atoms with Gasteiger partial charge in [0.2, 0.25) is 11.9 Å². The summed E-state index contributed by atoms with van der Waals surface area (Å²) in [5, 5.41) is 19.9. The summed E-state index contributed by atoms with van der Waals surface area (Å²) in [6.07, 6.45) is 0.900. The van der Waals surface area contributed by atoms with Gasteiger partial charge in [0, 0.05) is 8.03 Å². The number of carbonyl (C=O) groups is 1. The Labute approximate surface area is 95.4 Å². The Morgan fingerprint density at radius 2 is 2.25 bits per heavy atom. The van der Waals surface area contributed by atoms with E-state index < -0.39 is 19.7 Å². The van der Waals surface area contributed by atoms with Gasteiger partial charge in [-0.3, -0.25) is 0 Å².